The fraction of sp³-hybridized carbons (Fsp3) is 0.778. The number of hydrogen-bond donors (Lipinski definition) is 0. The molecule has 0 radical (unpaired) electrons. The molecule has 1 aliphatic rings. The molecule has 168 valence electrons. The van der Waals surface area contributed by atoms with Gasteiger partial charge in [0.1, 0.15) is 0 Å². The second-order valence-electron chi connectivity index (χ2n) is 9.16. The third-order valence-corrected chi connectivity index (χ3v) is 6.61. The van der Waals surface area contributed by atoms with E-state index in [4.69, 9.17) is 0 Å². The maximum absolute atomic E-state index is 13.3. The fourth-order valence-corrected chi connectivity index (χ4v) is 4.43. The van der Waals surface area contributed by atoms with E-state index in [2.05, 4.69) is 20.8 Å². The summed E-state index contributed by atoms with van der Waals surface area (Å²) in [6.07, 6.45) is 18.6. The molecule has 1 aromatic rings. The molecule has 1 fully saturated rings. The molecule has 0 bridgehead atoms. The Morgan fingerprint density at radius 1 is 0.966 bits per heavy atom. The molecule has 0 nitrogen and oxygen atoms in total. The second-order valence-corrected chi connectivity index (χ2v) is 9.16. The van der Waals surface area contributed by atoms with E-state index in [-0.39, 0.29) is 5.56 Å². The highest BCUT2D eigenvalue weighted by atomic mass is 19.3. The zero-order chi connectivity index (χ0) is 21.5. The van der Waals surface area contributed by atoms with Gasteiger partial charge in [0.25, 0.3) is 5.92 Å². The molecule has 0 aliphatic heterocycles. The highest BCUT2D eigenvalue weighted by Gasteiger charge is 2.23. The lowest BCUT2D eigenvalue weighted by atomic mass is 9.97. The second kappa shape index (κ2) is 15.0. The average Bonchev–Trinajstić information content (AvgIpc) is 3.22. The summed E-state index contributed by atoms with van der Waals surface area (Å²) in [5.41, 5.74) is 1.19. The summed E-state index contributed by atoms with van der Waals surface area (Å²) in [6, 6.07) is 6.90. The molecule has 29 heavy (non-hydrogen) atoms. The highest BCUT2D eigenvalue weighted by Crippen LogP contribution is 2.30. The van der Waals surface area contributed by atoms with Gasteiger partial charge >= 0.3 is 0 Å². The Balaban J connectivity index is 0.000000396. The molecule has 1 aromatic carbocycles. The molecule has 0 saturated heterocycles. The van der Waals surface area contributed by atoms with Crippen LogP contribution in [0.5, 0.6) is 0 Å². The summed E-state index contributed by atoms with van der Waals surface area (Å²) >= 11 is 0. The van der Waals surface area contributed by atoms with Crippen molar-refractivity contribution in [2.75, 3.05) is 0 Å². The summed E-state index contributed by atoms with van der Waals surface area (Å²) in [5.74, 6) is -0.750. The van der Waals surface area contributed by atoms with Gasteiger partial charge in [0.2, 0.25) is 0 Å². The van der Waals surface area contributed by atoms with Crippen molar-refractivity contribution in [1.82, 2.24) is 0 Å². The first-order valence-corrected chi connectivity index (χ1v) is 12.4. The van der Waals surface area contributed by atoms with Gasteiger partial charge in [-0.15, -0.1) is 0 Å². The Kier molecular flexibility index (Phi) is 13.5. The summed E-state index contributed by atoms with van der Waals surface area (Å²) in [5, 5.41) is 0. The van der Waals surface area contributed by atoms with Crippen molar-refractivity contribution in [2.45, 2.75) is 124 Å². The van der Waals surface area contributed by atoms with Crippen LogP contribution in [-0.2, 0) is 12.3 Å². The van der Waals surface area contributed by atoms with E-state index < -0.39 is 5.92 Å². The summed E-state index contributed by atoms with van der Waals surface area (Å²) in [6.45, 7) is 7.82. The first kappa shape index (κ1) is 26.1. The highest BCUT2D eigenvalue weighted by molar-refractivity contribution is 5.26. The Morgan fingerprint density at radius 2 is 1.66 bits per heavy atom. The number of halogens is 2. The molecule has 2 heteroatoms. The average molecular weight is 409 g/mol. The summed E-state index contributed by atoms with van der Waals surface area (Å²) < 4.78 is 26.5. The third-order valence-electron chi connectivity index (χ3n) is 6.61. The van der Waals surface area contributed by atoms with E-state index in [1.165, 1.54) is 83.1 Å². The van der Waals surface area contributed by atoms with Crippen LogP contribution in [0.1, 0.15) is 122 Å². The van der Waals surface area contributed by atoms with Crippen molar-refractivity contribution >= 4 is 0 Å². The molecule has 2 rings (SSSR count). The molecule has 0 unspecified atom stereocenters. The van der Waals surface area contributed by atoms with E-state index >= 15 is 0 Å². The van der Waals surface area contributed by atoms with Crippen LogP contribution >= 0.6 is 0 Å². The molecule has 1 aliphatic carbocycles. The van der Waals surface area contributed by atoms with E-state index in [0.717, 1.165) is 37.2 Å². The van der Waals surface area contributed by atoms with Gasteiger partial charge in [0, 0.05) is 12.5 Å². The van der Waals surface area contributed by atoms with Crippen LogP contribution < -0.4 is 0 Å². The van der Waals surface area contributed by atoms with Crippen molar-refractivity contribution in [2.24, 2.45) is 11.8 Å². The van der Waals surface area contributed by atoms with Crippen LogP contribution in [0.3, 0.4) is 0 Å². The minimum Gasteiger partial charge on any atom is -0.202 e. The molecular weight excluding hydrogens is 362 g/mol. The van der Waals surface area contributed by atoms with E-state index in [1.807, 2.05) is 6.07 Å². The van der Waals surface area contributed by atoms with Crippen LogP contribution in [0.15, 0.2) is 24.3 Å². The molecule has 0 spiro atoms. The lowest BCUT2D eigenvalue weighted by molar-refractivity contribution is 0.0174. The standard InChI is InChI=1S/C18H26F2.C9H20/c1-18(19,20)17-13-7-12-16(14-17)11-4-2-3-8-15-9-5-6-10-15;1-4-7-8-9(5-2)6-3/h7,12-15H,2-6,8-11H2,1H3;9H,4-8H2,1-3H3. The lowest BCUT2D eigenvalue weighted by Crippen LogP contribution is -2.07. The van der Waals surface area contributed by atoms with Crippen LogP contribution in [0.25, 0.3) is 0 Å². The number of alkyl halides is 2. The molecule has 1 saturated carbocycles. The third kappa shape index (κ3) is 11.7. The Bertz CT molecular complexity index is 508. The fourth-order valence-electron chi connectivity index (χ4n) is 4.43. The van der Waals surface area contributed by atoms with Gasteiger partial charge in [0.05, 0.1) is 0 Å². The predicted molar refractivity (Wildman–Crippen MR) is 124 cm³/mol. The maximum atomic E-state index is 13.3. The minimum atomic E-state index is -2.72. The summed E-state index contributed by atoms with van der Waals surface area (Å²) in [4.78, 5) is 0. The Labute approximate surface area is 179 Å². The first-order chi connectivity index (χ1) is 13.9. The lowest BCUT2D eigenvalue weighted by Gasteiger charge is -2.12. The van der Waals surface area contributed by atoms with Gasteiger partial charge in [-0.3, -0.25) is 0 Å². The van der Waals surface area contributed by atoms with E-state index in [1.54, 1.807) is 12.1 Å². The van der Waals surface area contributed by atoms with Crippen molar-refractivity contribution in [3.05, 3.63) is 35.4 Å². The van der Waals surface area contributed by atoms with Crippen LogP contribution in [0.2, 0.25) is 0 Å². The first-order valence-electron chi connectivity index (χ1n) is 12.4. The van der Waals surface area contributed by atoms with E-state index in [0.29, 0.717) is 0 Å². The van der Waals surface area contributed by atoms with Gasteiger partial charge in [-0.1, -0.05) is 116 Å². The van der Waals surface area contributed by atoms with Gasteiger partial charge in [-0.05, 0) is 36.3 Å². The molecule has 0 N–H and O–H groups in total. The van der Waals surface area contributed by atoms with Crippen molar-refractivity contribution in [1.29, 1.82) is 0 Å². The quantitative estimate of drug-likeness (QED) is 0.302. The number of hydrogen-bond acceptors (Lipinski definition) is 0. The molecule has 0 heterocycles. The van der Waals surface area contributed by atoms with Crippen molar-refractivity contribution < 1.29 is 8.78 Å². The van der Waals surface area contributed by atoms with Gasteiger partial charge < -0.3 is 0 Å². The Hall–Kier alpha value is -0.920. The predicted octanol–water partition coefficient (Wildman–Crippen LogP) is 9.70. The normalized spacial score (nSPS) is 14.9. The molecular formula is C27H46F2. The van der Waals surface area contributed by atoms with Crippen LogP contribution in [0.4, 0.5) is 8.78 Å². The van der Waals surface area contributed by atoms with Gasteiger partial charge in [0.15, 0.2) is 0 Å². The maximum Gasteiger partial charge on any atom is 0.270 e. The number of benzene rings is 1. The Morgan fingerprint density at radius 3 is 2.24 bits per heavy atom. The number of unbranched alkanes of at least 4 members (excludes halogenated alkanes) is 3. The van der Waals surface area contributed by atoms with Crippen molar-refractivity contribution in [3.63, 3.8) is 0 Å². The zero-order valence-corrected chi connectivity index (χ0v) is 19.6. The van der Waals surface area contributed by atoms with E-state index in [9.17, 15) is 8.78 Å². The van der Waals surface area contributed by atoms with Crippen LogP contribution in [0, 0.1) is 11.8 Å². The van der Waals surface area contributed by atoms with Crippen LogP contribution in [-0.4, -0.2) is 0 Å². The number of aryl methyl sites for hydroxylation is 1. The smallest absolute Gasteiger partial charge is 0.202 e. The molecule has 0 aromatic heterocycles. The van der Waals surface area contributed by atoms with Gasteiger partial charge in [-0.25, -0.2) is 8.78 Å². The minimum absolute atomic E-state index is 0.140. The van der Waals surface area contributed by atoms with Crippen molar-refractivity contribution in [3.8, 4) is 0 Å². The monoisotopic (exact) mass is 408 g/mol. The SMILES string of the molecule is CC(F)(F)c1cccc(CCCCCC2CCCC2)c1.CCCCC(CC)CC. The molecule has 0 amide bonds. The number of rotatable bonds is 12. The zero-order valence-electron chi connectivity index (χ0n) is 19.6. The largest absolute Gasteiger partial charge is 0.270 e. The van der Waals surface area contributed by atoms with Gasteiger partial charge in [-0.2, -0.15) is 0 Å². The molecule has 0 atom stereocenters. The summed E-state index contributed by atoms with van der Waals surface area (Å²) in [7, 11) is 0. The topological polar surface area (TPSA) is 0 Å².